The molecule has 0 saturated carbocycles. The molecule has 0 saturated heterocycles. The fourth-order valence-electron chi connectivity index (χ4n) is 1.49. The summed E-state index contributed by atoms with van der Waals surface area (Å²) in [5, 5.41) is 9.29. The lowest BCUT2D eigenvalue weighted by atomic mass is 9.92. The number of carbonyl (C=O) groups is 1. The van der Waals surface area contributed by atoms with E-state index in [0.717, 1.165) is 5.56 Å². The summed E-state index contributed by atoms with van der Waals surface area (Å²) in [6.45, 7) is 5.61. The van der Waals surface area contributed by atoms with Crippen LogP contribution in [-0.2, 0) is 16.0 Å². The van der Waals surface area contributed by atoms with E-state index in [4.69, 9.17) is 10.5 Å². The summed E-state index contributed by atoms with van der Waals surface area (Å²) in [7, 11) is 0. The highest BCUT2D eigenvalue weighted by Gasteiger charge is 2.36. The van der Waals surface area contributed by atoms with Crippen LogP contribution in [-0.4, -0.2) is 28.8 Å². The van der Waals surface area contributed by atoms with Crippen molar-refractivity contribution in [1.29, 1.82) is 0 Å². The van der Waals surface area contributed by atoms with Crippen molar-refractivity contribution in [2.75, 3.05) is 6.61 Å². The van der Waals surface area contributed by atoms with Gasteiger partial charge in [-0.1, -0.05) is 30.3 Å². The minimum atomic E-state index is -1.39. The second-order valence-electron chi connectivity index (χ2n) is 5.52. The van der Waals surface area contributed by atoms with E-state index in [2.05, 4.69) is 0 Å². The average molecular weight is 251 g/mol. The molecule has 3 N–H and O–H groups in total. The van der Waals surface area contributed by atoms with Crippen molar-refractivity contribution in [2.45, 2.75) is 38.3 Å². The Hall–Kier alpha value is -1.39. The molecule has 0 heterocycles. The van der Waals surface area contributed by atoms with Gasteiger partial charge in [0.15, 0.2) is 0 Å². The molecule has 0 aliphatic rings. The zero-order valence-electron chi connectivity index (χ0n) is 11.1. The highest BCUT2D eigenvalue weighted by molar-refractivity contribution is 5.79. The Labute approximate surface area is 108 Å². The van der Waals surface area contributed by atoms with Crippen LogP contribution in [0, 0.1) is 0 Å². The van der Waals surface area contributed by atoms with Crippen LogP contribution in [0.5, 0.6) is 0 Å². The third-order valence-corrected chi connectivity index (χ3v) is 2.55. The lowest BCUT2D eigenvalue weighted by molar-refractivity contribution is -0.148. The summed E-state index contributed by atoms with van der Waals surface area (Å²) >= 11 is 0. The summed E-state index contributed by atoms with van der Waals surface area (Å²) < 4.78 is 5.52. The van der Waals surface area contributed by atoms with Gasteiger partial charge in [0.2, 0.25) is 0 Å². The van der Waals surface area contributed by atoms with Crippen molar-refractivity contribution < 1.29 is 14.6 Å². The quantitative estimate of drug-likeness (QED) is 0.837. The van der Waals surface area contributed by atoms with Gasteiger partial charge in [0.1, 0.15) is 5.54 Å². The third-order valence-electron chi connectivity index (χ3n) is 2.55. The normalized spacial score (nSPS) is 15.1. The Morgan fingerprint density at radius 1 is 1.28 bits per heavy atom. The van der Waals surface area contributed by atoms with Crippen LogP contribution < -0.4 is 5.73 Å². The first kappa shape index (κ1) is 14.7. The van der Waals surface area contributed by atoms with Crippen LogP contribution in [0.3, 0.4) is 0 Å². The number of carboxylic acids is 1. The first-order valence-electron chi connectivity index (χ1n) is 5.93. The maximum absolute atomic E-state index is 11.3. The highest BCUT2D eigenvalue weighted by atomic mass is 16.5. The second kappa shape index (κ2) is 5.50. The van der Waals surface area contributed by atoms with Crippen LogP contribution in [0.25, 0.3) is 0 Å². The van der Waals surface area contributed by atoms with Gasteiger partial charge in [-0.25, -0.2) is 0 Å². The lowest BCUT2D eigenvalue weighted by Crippen LogP contribution is -2.55. The summed E-state index contributed by atoms with van der Waals surface area (Å²) in [4.78, 5) is 11.3. The molecule has 1 aromatic carbocycles. The van der Waals surface area contributed by atoms with E-state index in [1.165, 1.54) is 0 Å². The molecule has 100 valence electrons. The predicted molar refractivity (Wildman–Crippen MR) is 70.4 cm³/mol. The highest BCUT2D eigenvalue weighted by Crippen LogP contribution is 2.16. The lowest BCUT2D eigenvalue weighted by Gasteiger charge is -2.29. The number of carboxylic acid groups (broad SMARTS) is 1. The van der Waals surface area contributed by atoms with Crippen molar-refractivity contribution in [3.8, 4) is 0 Å². The molecule has 1 aromatic rings. The van der Waals surface area contributed by atoms with Crippen LogP contribution in [0.4, 0.5) is 0 Å². The summed E-state index contributed by atoms with van der Waals surface area (Å²) in [6, 6.07) is 9.34. The molecule has 4 nitrogen and oxygen atoms in total. The summed E-state index contributed by atoms with van der Waals surface area (Å²) in [5.74, 6) is -1.05. The standard InChI is InChI=1S/C14H21NO3/c1-13(2,3)18-10-14(15,12(16)17)9-11-7-5-4-6-8-11/h4-8H,9-10,15H2,1-3H3,(H,16,17)/t14-/m0/s1. The molecule has 0 spiro atoms. The van der Waals surface area contributed by atoms with Crippen molar-refractivity contribution in [1.82, 2.24) is 0 Å². The molecule has 1 atom stereocenters. The molecule has 0 radical (unpaired) electrons. The number of aliphatic carboxylic acids is 1. The topological polar surface area (TPSA) is 72.5 Å². The van der Waals surface area contributed by atoms with Crippen molar-refractivity contribution >= 4 is 5.97 Å². The van der Waals surface area contributed by atoms with Gasteiger partial charge in [-0.2, -0.15) is 0 Å². The first-order valence-corrected chi connectivity index (χ1v) is 5.93. The van der Waals surface area contributed by atoms with E-state index >= 15 is 0 Å². The van der Waals surface area contributed by atoms with Crippen molar-refractivity contribution in [3.05, 3.63) is 35.9 Å². The molecule has 4 heteroatoms. The minimum absolute atomic E-state index is 0.0132. The van der Waals surface area contributed by atoms with Crippen LogP contribution in [0.15, 0.2) is 30.3 Å². The van der Waals surface area contributed by atoms with Crippen LogP contribution in [0.2, 0.25) is 0 Å². The molecular formula is C14H21NO3. The first-order chi connectivity index (χ1) is 8.23. The maximum atomic E-state index is 11.3. The summed E-state index contributed by atoms with van der Waals surface area (Å²) in [5.41, 5.74) is 5.04. The van der Waals surface area contributed by atoms with E-state index in [1.54, 1.807) is 0 Å². The molecule has 0 aliphatic carbocycles. The van der Waals surface area contributed by atoms with Gasteiger partial charge in [-0.05, 0) is 26.3 Å². The molecular weight excluding hydrogens is 230 g/mol. The van der Waals surface area contributed by atoms with Gasteiger partial charge in [0, 0.05) is 6.42 Å². The van der Waals surface area contributed by atoms with Gasteiger partial charge < -0.3 is 15.6 Å². The van der Waals surface area contributed by atoms with Crippen LogP contribution >= 0.6 is 0 Å². The Morgan fingerprint density at radius 3 is 2.28 bits per heavy atom. The van der Waals surface area contributed by atoms with Crippen molar-refractivity contribution in [2.24, 2.45) is 5.73 Å². The molecule has 0 aliphatic heterocycles. The van der Waals surface area contributed by atoms with E-state index in [9.17, 15) is 9.90 Å². The molecule has 0 bridgehead atoms. The Kier molecular flexibility index (Phi) is 4.48. The third kappa shape index (κ3) is 4.47. The van der Waals surface area contributed by atoms with Crippen LogP contribution in [0.1, 0.15) is 26.3 Å². The number of rotatable bonds is 5. The number of ether oxygens (including phenoxy) is 1. The number of benzene rings is 1. The number of hydrogen-bond donors (Lipinski definition) is 2. The predicted octanol–water partition coefficient (Wildman–Crippen LogP) is 1.83. The van der Waals surface area contributed by atoms with Gasteiger partial charge in [0.05, 0.1) is 12.2 Å². The SMILES string of the molecule is CC(C)(C)OC[C@@](N)(Cc1ccccc1)C(=O)O. The smallest absolute Gasteiger partial charge is 0.326 e. The minimum Gasteiger partial charge on any atom is -0.480 e. The zero-order chi connectivity index (χ0) is 13.8. The average Bonchev–Trinajstić information content (AvgIpc) is 2.27. The molecule has 0 aromatic heterocycles. The summed E-state index contributed by atoms with van der Waals surface area (Å²) in [6.07, 6.45) is 0.249. The fraction of sp³-hybridized carbons (Fsp3) is 0.500. The molecule has 0 amide bonds. The van der Waals surface area contributed by atoms with E-state index in [0.29, 0.717) is 0 Å². The molecule has 1 rings (SSSR count). The fourth-order valence-corrected chi connectivity index (χ4v) is 1.49. The molecule has 0 unspecified atom stereocenters. The largest absolute Gasteiger partial charge is 0.480 e. The molecule has 0 fully saturated rings. The second-order valence-corrected chi connectivity index (χ2v) is 5.52. The van der Waals surface area contributed by atoms with Gasteiger partial charge in [-0.3, -0.25) is 4.79 Å². The number of hydrogen-bond acceptors (Lipinski definition) is 3. The van der Waals surface area contributed by atoms with E-state index in [1.807, 2.05) is 51.1 Å². The maximum Gasteiger partial charge on any atom is 0.326 e. The molecule has 18 heavy (non-hydrogen) atoms. The van der Waals surface area contributed by atoms with Gasteiger partial charge in [0.25, 0.3) is 0 Å². The van der Waals surface area contributed by atoms with E-state index in [-0.39, 0.29) is 13.0 Å². The Bertz CT molecular complexity index is 397. The zero-order valence-corrected chi connectivity index (χ0v) is 11.1. The Morgan fingerprint density at radius 2 is 1.83 bits per heavy atom. The monoisotopic (exact) mass is 251 g/mol. The van der Waals surface area contributed by atoms with Gasteiger partial charge >= 0.3 is 5.97 Å². The Balaban J connectivity index is 2.78. The van der Waals surface area contributed by atoms with E-state index < -0.39 is 17.1 Å². The number of nitrogens with two attached hydrogens (primary N) is 1. The van der Waals surface area contributed by atoms with Gasteiger partial charge in [-0.15, -0.1) is 0 Å². The van der Waals surface area contributed by atoms with Crippen molar-refractivity contribution in [3.63, 3.8) is 0 Å².